The van der Waals surface area contributed by atoms with Crippen molar-refractivity contribution in [2.75, 3.05) is 19.8 Å². The Morgan fingerprint density at radius 3 is 1.59 bits per heavy atom. The van der Waals surface area contributed by atoms with Crippen molar-refractivity contribution in [3.8, 4) is 0 Å². The first-order valence-electron chi connectivity index (χ1n) is 10.6. The Kier molecular flexibility index (Phi) is 9.54. The lowest BCUT2D eigenvalue weighted by atomic mass is 9.97. The van der Waals surface area contributed by atoms with E-state index in [1.807, 2.05) is 0 Å². The molecule has 0 amide bonds. The van der Waals surface area contributed by atoms with Crippen LogP contribution in [-0.4, -0.2) is 168 Å². The molecule has 16 heteroatoms. The monoisotopic (exact) mass is 504 g/mol. The third-order valence-corrected chi connectivity index (χ3v) is 6.08. The van der Waals surface area contributed by atoms with E-state index in [0.717, 1.165) is 0 Å². The molecular formula is C18H32O16. The number of hydrogen-bond donors (Lipinski definition) is 11. The summed E-state index contributed by atoms with van der Waals surface area (Å²) in [5.74, 6) is 0. The Morgan fingerprint density at radius 1 is 0.500 bits per heavy atom. The van der Waals surface area contributed by atoms with Gasteiger partial charge in [-0.05, 0) is 0 Å². The molecular weight excluding hydrogens is 472 g/mol. The van der Waals surface area contributed by atoms with E-state index in [2.05, 4.69) is 0 Å². The molecule has 0 aromatic rings. The predicted octanol–water partition coefficient (Wildman–Crippen LogP) is -7.57. The standard InChI is InChI=1S/C18H32O16/c19-1-4-7(21)11(25)14(28)17(32-4)34-15-12(26)8(22)5(2-20)33-18(15)30-3-6-9(23)10(24)13(27)16(29)31-6/h4-29H,1-3H2/t4-,5+,6+,7-,8-,9+,10+,11-,12-,13+,14+,15-,16-,17-,18-/m0/s1. The maximum absolute atomic E-state index is 10.5. The summed E-state index contributed by atoms with van der Waals surface area (Å²) in [5, 5.41) is 109. The first-order chi connectivity index (χ1) is 16.0. The first kappa shape index (κ1) is 27.9. The molecule has 0 bridgehead atoms. The second kappa shape index (κ2) is 11.6. The second-order valence-corrected chi connectivity index (χ2v) is 8.37. The Bertz CT molecular complexity index is 639. The fourth-order valence-corrected chi connectivity index (χ4v) is 3.93. The van der Waals surface area contributed by atoms with Gasteiger partial charge in [0, 0.05) is 0 Å². The van der Waals surface area contributed by atoms with Gasteiger partial charge in [0.05, 0.1) is 19.8 Å². The van der Waals surface area contributed by atoms with Gasteiger partial charge in [0.15, 0.2) is 18.9 Å². The van der Waals surface area contributed by atoms with Crippen LogP contribution in [0.2, 0.25) is 0 Å². The fourth-order valence-electron chi connectivity index (χ4n) is 3.93. The first-order valence-corrected chi connectivity index (χ1v) is 10.6. The van der Waals surface area contributed by atoms with Gasteiger partial charge >= 0.3 is 0 Å². The maximum atomic E-state index is 10.5. The SMILES string of the molecule is OC[C@@H]1O[C@@H](O[C@@H]2[C@@H](OC[C@H]3O[C@H](O)[C@H](O)[C@H](O)[C@@H]3O)O[C@H](CO)[C@H](O)[C@@H]2O)[C@H](O)[C@@H](O)[C@H]1O. The van der Waals surface area contributed by atoms with Gasteiger partial charge in [-0.3, -0.25) is 0 Å². The molecule has 200 valence electrons. The summed E-state index contributed by atoms with van der Waals surface area (Å²) in [6.45, 7) is -2.11. The van der Waals surface area contributed by atoms with Crippen molar-refractivity contribution >= 4 is 0 Å². The van der Waals surface area contributed by atoms with Gasteiger partial charge in [0.1, 0.15) is 73.2 Å². The largest absolute Gasteiger partial charge is 0.394 e. The zero-order valence-corrected chi connectivity index (χ0v) is 17.7. The molecule has 3 aliphatic heterocycles. The van der Waals surface area contributed by atoms with E-state index in [9.17, 15) is 56.2 Å². The molecule has 16 nitrogen and oxygen atoms in total. The van der Waals surface area contributed by atoms with Crippen LogP contribution in [0, 0.1) is 0 Å². The minimum atomic E-state index is -1.85. The van der Waals surface area contributed by atoms with Crippen molar-refractivity contribution < 1.29 is 79.9 Å². The maximum Gasteiger partial charge on any atom is 0.187 e. The van der Waals surface area contributed by atoms with Gasteiger partial charge in [-0.15, -0.1) is 0 Å². The summed E-state index contributed by atoms with van der Waals surface area (Å²) in [6.07, 6.45) is -25.0. The Hall–Kier alpha value is -0.640. The summed E-state index contributed by atoms with van der Waals surface area (Å²) < 4.78 is 26.5. The molecule has 34 heavy (non-hydrogen) atoms. The van der Waals surface area contributed by atoms with Gasteiger partial charge in [0.2, 0.25) is 0 Å². The van der Waals surface area contributed by atoms with Gasteiger partial charge in [0.25, 0.3) is 0 Å². The highest BCUT2D eigenvalue weighted by Crippen LogP contribution is 2.30. The van der Waals surface area contributed by atoms with Crippen molar-refractivity contribution in [2.45, 2.75) is 92.1 Å². The molecule has 3 rings (SSSR count). The van der Waals surface area contributed by atoms with Gasteiger partial charge in [-0.2, -0.15) is 0 Å². The van der Waals surface area contributed by atoms with Crippen molar-refractivity contribution in [1.82, 2.24) is 0 Å². The number of rotatable bonds is 7. The van der Waals surface area contributed by atoms with Crippen LogP contribution in [0.25, 0.3) is 0 Å². The van der Waals surface area contributed by atoms with Crippen LogP contribution in [0.5, 0.6) is 0 Å². The van der Waals surface area contributed by atoms with Crippen LogP contribution in [0.1, 0.15) is 0 Å². The lowest BCUT2D eigenvalue weighted by molar-refractivity contribution is -0.372. The van der Waals surface area contributed by atoms with Gasteiger partial charge in [-0.25, -0.2) is 0 Å². The molecule has 0 radical (unpaired) electrons. The third-order valence-electron chi connectivity index (χ3n) is 6.08. The molecule has 15 atom stereocenters. The van der Waals surface area contributed by atoms with E-state index in [1.165, 1.54) is 0 Å². The van der Waals surface area contributed by atoms with Crippen molar-refractivity contribution in [3.63, 3.8) is 0 Å². The average Bonchev–Trinajstić information content (AvgIpc) is 2.82. The van der Waals surface area contributed by atoms with Crippen molar-refractivity contribution in [3.05, 3.63) is 0 Å². The van der Waals surface area contributed by atoms with Crippen molar-refractivity contribution in [1.29, 1.82) is 0 Å². The molecule has 11 N–H and O–H groups in total. The molecule has 3 fully saturated rings. The Labute approximate surface area is 192 Å². The average molecular weight is 504 g/mol. The molecule has 0 unspecified atom stereocenters. The molecule has 0 aromatic heterocycles. The van der Waals surface area contributed by atoms with E-state index < -0.39 is 112 Å². The smallest absolute Gasteiger partial charge is 0.187 e. The third kappa shape index (κ3) is 5.52. The van der Waals surface area contributed by atoms with Gasteiger partial charge < -0.3 is 79.9 Å². The molecule has 0 saturated carbocycles. The zero-order valence-electron chi connectivity index (χ0n) is 17.7. The molecule has 3 aliphatic rings. The number of aliphatic hydroxyl groups excluding tert-OH is 11. The van der Waals surface area contributed by atoms with Crippen LogP contribution in [0.15, 0.2) is 0 Å². The van der Waals surface area contributed by atoms with Crippen LogP contribution < -0.4 is 0 Å². The second-order valence-electron chi connectivity index (χ2n) is 8.37. The minimum Gasteiger partial charge on any atom is -0.394 e. The summed E-state index contributed by atoms with van der Waals surface area (Å²) >= 11 is 0. The van der Waals surface area contributed by atoms with Gasteiger partial charge in [-0.1, -0.05) is 0 Å². The summed E-state index contributed by atoms with van der Waals surface area (Å²) in [6, 6.07) is 0. The topological polar surface area (TPSA) is 269 Å². The van der Waals surface area contributed by atoms with Crippen LogP contribution in [0.4, 0.5) is 0 Å². The highest BCUT2D eigenvalue weighted by atomic mass is 16.8. The fraction of sp³-hybridized carbons (Fsp3) is 1.00. The van der Waals surface area contributed by atoms with Crippen LogP contribution in [-0.2, 0) is 23.7 Å². The normalized spacial score (nSPS) is 52.5. The lowest BCUT2D eigenvalue weighted by Gasteiger charge is -2.46. The number of aliphatic hydroxyl groups is 11. The Morgan fingerprint density at radius 2 is 1.00 bits per heavy atom. The molecule has 0 aliphatic carbocycles. The van der Waals surface area contributed by atoms with Crippen LogP contribution in [0.3, 0.4) is 0 Å². The minimum absolute atomic E-state index is 0.609. The van der Waals surface area contributed by atoms with E-state index in [0.29, 0.717) is 0 Å². The Balaban J connectivity index is 1.74. The quantitative estimate of drug-likeness (QED) is 0.154. The van der Waals surface area contributed by atoms with Crippen LogP contribution >= 0.6 is 0 Å². The van der Waals surface area contributed by atoms with E-state index in [-0.39, 0.29) is 0 Å². The van der Waals surface area contributed by atoms with E-state index in [4.69, 9.17) is 23.7 Å². The summed E-state index contributed by atoms with van der Waals surface area (Å²) in [5.41, 5.74) is 0. The van der Waals surface area contributed by atoms with Crippen molar-refractivity contribution in [2.24, 2.45) is 0 Å². The molecule has 0 aromatic carbocycles. The highest BCUT2D eigenvalue weighted by molar-refractivity contribution is 4.94. The summed E-state index contributed by atoms with van der Waals surface area (Å²) in [7, 11) is 0. The molecule has 3 heterocycles. The highest BCUT2D eigenvalue weighted by Gasteiger charge is 2.51. The number of hydrogen-bond acceptors (Lipinski definition) is 16. The zero-order chi connectivity index (χ0) is 25.3. The molecule has 0 spiro atoms. The van der Waals surface area contributed by atoms with E-state index >= 15 is 0 Å². The van der Waals surface area contributed by atoms with E-state index in [1.54, 1.807) is 0 Å². The lowest BCUT2D eigenvalue weighted by Crippen LogP contribution is -2.65. The molecule has 3 saturated heterocycles. The number of ether oxygens (including phenoxy) is 5. The predicted molar refractivity (Wildman–Crippen MR) is 101 cm³/mol. The summed E-state index contributed by atoms with van der Waals surface area (Å²) in [4.78, 5) is 0.